The summed E-state index contributed by atoms with van der Waals surface area (Å²) < 4.78 is 0. The Bertz CT molecular complexity index is 984. The molecule has 28 heavy (non-hydrogen) atoms. The van der Waals surface area contributed by atoms with Crippen LogP contribution in [0.25, 0.3) is 0 Å². The maximum Gasteiger partial charge on any atom is 0.229 e. The molecule has 1 amide bonds. The number of anilines is 5. The Kier molecular flexibility index (Phi) is 5.89. The number of nitrogens with zero attached hydrogens (tertiary/aromatic N) is 2. The normalized spacial score (nSPS) is 10.6. The molecule has 0 fully saturated rings. The van der Waals surface area contributed by atoms with Gasteiger partial charge in [0.05, 0.1) is 0 Å². The third kappa shape index (κ3) is 5.07. The highest BCUT2D eigenvalue weighted by Gasteiger charge is 2.09. The second-order valence-corrected chi connectivity index (χ2v) is 6.97. The number of amides is 1. The fraction of sp³-hybridized carbons (Fsp3) is 0.227. The first-order chi connectivity index (χ1) is 13.4. The molecule has 1 aromatic heterocycles. The van der Waals surface area contributed by atoms with Crippen molar-refractivity contribution in [3.8, 4) is 0 Å². The number of carbonyl (C=O) groups is 1. The highest BCUT2D eigenvalue weighted by atomic mass is 16.1. The van der Waals surface area contributed by atoms with Crippen molar-refractivity contribution in [2.45, 2.75) is 33.6 Å². The fourth-order valence-electron chi connectivity index (χ4n) is 2.95. The lowest BCUT2D eigenvalue weighted by molar-refractivity contribution is -0.114. The van der Waals surface area contributed by atoms with Gasteiger partial charge in [0.1, 0.15) is 5.82 Å². The average molecular weight is 375 g/mol. The lowest BCUT2D eigenvalue weighted by Crippen LogP contribution is -2.06. The van der Waals surface area contributed by atoms with Crippen LogP contribution in [-0.4, -0.2) is 15.9 Å². The van der Waals surface area contributed by atoms with Crippen LogP contribution < -0.4 is 16.0 Å². The summed E-state index contributed by atoms with van der Waals surface area (Å²) in [6.07, 6.45) is 0. The van der Waals surface area contributed by atoms with E-state index in [0.717, 1.165) is 28.6 Å². The maximum atomic E-state index is 11.3. The largest absolute Gasteiger partial charge is 0.340 e. The van der Waals surface area contributed by atoms with Crippen molar-refractivity contribution in [2.75, 3.05) is 16.0 Å². The van der Waals surface area contributed by atoms with Crippen LogP contribution in [0.3, 0.4) is 0 Å². The summed E-state index contributed by atoms with van der Waals surface area (Å²) in [5.41, 5.74) is 4.63. The van der Waals surface area contributed by atoms with Crippen LogP contribution in [0.1, 0.15) is 37.9 Å². The smallest absolute Gasteiger partial charge is 0.229 e. The van der Waals surface area contributed by atoms with Gasteiger partial charge in [-0.05, 0) is 42.7 Å². The van der Waals surface area contributed by atoms with Crippen LogP contribution in [0.5, 0.6) is 0 Å². The SMILES string of the molecule is CC(=O)Nc1cccc(Nc2nc(C)cc(Nc3ccccc3C(C)C)n2)c1. The third-order valence-corrected chi connectivity index (χ3v) is 4.14. The van der Waals surface area contributed by atoms with Crippen LogP contribution in [0.2, 0.25) is 0 Å². The number of hydrogen-bond donors (Lipinski definition) is 3. The maximum absolute atomic E-state index is 11.3. The summed E-state index contributed by atoms with van der Waals surface area (Å²) in [5, 5.41) is 9.39. The molecular formula is C22H25N5O. The van der Waals surface area contributed by atoms with Gasteiger partial charge >= 0.3 is 0 Å². The molecule has 0 atom stereocenters. The van der Waals surface area contributed by atoms with Crippen LogP contribution in [-0.2, 0) is 4.79 Å². The average Bonchev–Trinajstić information content (AvgIpc) is 2.61. The van der Waals surface area contributed by atoms with Crippen LogP contribution >= 0.6 is 0 Å². The summed E-state index contributed by atoms with van der Waals surface area (Å²) in [7, 11) is 0. The van der Waals surface area contributed by atoms with Crippen molar-refractivity contribution in [1.29, 1.82) is 0 Å². The van der Waals surface area contributed by atoms with Gasteiger partial charge in [-0.2, -0.15) is 4.98 Å². The van der Waals surface area contributed by atoms with E-state index in [1.807, 2.05) is 49.4 Å². The van der Waals surface area contributed by atoms with Crippen molar-refractivity contribution < 1.29 is 4.79 Å². The van der Waals surface area contributed by atoms with Gasteiger partial charge in [-0.25, -0.2) is 4.98 Å². The van der Waals surface area contributed by atoms with Crippen LogP contribution in [0, 0.1) is 6.92 Å². The fourth-order valence-corrected chi connectivity index (χ4v) is 2.95. The van der Waals surface area contributed by atoms with Gasteiger partial charge in [-0.15, -0.1) is 0 Å². The molecule has 0 aliphatic heterocycles. The highest BCUT2D eigenvalue weighted by molar-refractivity contribution is 5.89. The molecule has 3 N–H and O–H groups in total. The summed E-state index contributed by atoms with van der Waals surface area (Å²) in [6, 6.07) is 17.6. The second-order valence-electron chi connectivity index (χ2n) is 6.97. The van der Waals surface area contributed by atoms with Gasteiger partial charge in [0.25, 0.3) is 0 Å². The van der Waals surface area contributed by atoms with E-state index in [9.17, 15) is 4.79 Å². The summed E-state index contributed by atoms with van der Waals surface area (Å²) >= 11 is 0. The summed E-state index contributed by atoms with van der Waals surface area (Å²) in [5.74, 6) is 1.51. The lowest BCUT2D eigenvalue weighted by atomic mass is 10.0. The van der Waals surface area contributed by atoms with Crippen molar-refractivity contribution >= 4 is 34.7 Å². The molecule has 0 saturated carbocycles. The predicted molar refractivity (Wildman–Crippen MR) is 115 cm³/mol. The molecule has 2 aromatic carbocycles. The molecule has 0 spiro atoms. The van der Waals surface area contributed by atoms with Crippen molar-refractivity contribution in [3.63, 3.8) is 0 Å². The van der Waals surface area contributed by atoms with E-state index in [4.69, 9.17) is 0 Å². The first kappa shape index (κ1) is 19.4. The number of hydrogen-bond acceptors (Lipinski definition) is 5. The minimum absolute atomic E-state index is 0.112. The second kappa shape index (κ2) is 8.52. The van der Waals surface area contributed by atoms with E-state index in [-0.39, 0.29) is 5.91 Å². The van der Waals surface area contributed by atoms with E-state index in [2.05, 4.69) is 51.9 Å². The lowest BCUT2D eigenvalue weighted by Gasteiger charge is -2.15. The zero-order valence-electron chi connectivity index (χ0n) is 16.6. The van der Waals surface area contributed by atoms with Gasteiger partial charge < -0.3 is 16.0 Å². The third-order valence-electron chi connectivity index (χ3n) is 4.14. The molecule has 0 aliphatic rings. The number of benzene rings is 2. The van der Waals surface area contributed by atoms with E-state index in [0.29, 0.717) is 11.9 Å². The minimum atomic E-state index is -0.112. The van der Waals surface area contributed by atoms with Crippen molar-refractivity contribution in [1.82, 2.24) is 9.97 Å². The van der Waals surface area contributed by atoms with E-state index >= 15 is 0 Å². The number of aromatic nitrogens is 2. The molecule has 6 heteroatoms. The van der Waals surface area contributed by atoms with E-state index < -0.39 is 0 Å². The number of aryl methyl sites for hydroxylation is 1. The molecule has 3 rings (SSSR count). The van der Waals surface area contributed by atoms with Crippen molar-refractivity contribution in [3.05, 3.63) is 65.9 Å². The van der Waals surface area contributed by atoms with E-state index in [1.54, 1.807) is 0 Å². The Balaban J connectivity index is 1.84. The molecule has 0 saturated heterocycles. The first-order valence-corrected chi connectivity index (χ1v) is 9.27. The van der Waals surface area contributed by atoms with Crippen LogP contribution in [0.15, 0.2) is 54.6 Å². The number of rotatable bonds is 6. The Hall–Kier alpha value is -3.41. The van der Waals surface area contributed by atoms with Gasteiger partial charge in [-0.3, -0.25) is 4.79 Å². The molecule has 6 nitrogen and oxygen atoms in total. The molecule has 0 aliphatic carbocycles. The summed E-state index contributed by atoms with van der Waals surface area (Å²) in [6.45, 7) is 7.75. The Labute approximate surface area is 165 Å². The molecule has 0 radical (unpaired) electrons. The molecule has 0 unspecified atom stereocenters. The number of carbonyl (C=O) groups excluding carboxylic acids is 1. The monoisotopic (exact) mass is 375 g/mol. The number of para-hydroxylation sites is 1. The standard InChI is InChI=1S/C22H25N5O/c1-14(2)19-10-5-6-11-20(19)26-21-12-15(3)23-22(27-21)25-18-9-7-8-17(13-18)24-16(4)28/h5-14H,1-4H3,(H,24,28)(H2,23,25,26,27). The minimum Gasteiger partial charge on any atom is -0.340 e. The number of nitrogens with one attached hydrogen (secondary N) is 3. The topological polar surface area (TPSA) is 78.9 Å². The van der Waals surface area contributed by atoms with Gasteiger partial charge in [-0.1, -0.05) is 38.1 Å². The van der Waals surface area contributed by atoms with Crippen molar-refractivity contribution in [2.24, 2.45) is 0 Å². The van der Waals surface area contributed by atoms with Crippen LogP contribution in [0.4, 0.5) is 28.8 Å². The van der Waals surface area contributed by atoms with Gasteiger partial charge in [0.15, 0.2) is 0 Å². The quantitative estimate of drug-likeness (QED) is 0.541. The zero-order chi connectivity index (χ0) is 20.1. The molecule has 0 bridgehead atoms. The Morgan fingerprint density at radius 3 is 2.43 bits per heavy atom. The van der Waals surface area contributed by atoms with Gasteiger partial charge in [0.2, 0.25) is 11.9 Å². The van der Waals surface area contributed by atoms with E-state index in [1.165, 1.54) is 12.5 Å². The Morgan fingerprint density at radius 1 is 0.929 bits per heavy atom. The molecule has 3 aromatic rings. The van der Waals surface area contributed by atoms with Gasteiger partial charge in [0, 0.05) is 35.7 Å². The zero-order valence-corrected chi connectivity index (χ0v) is 16.6. The molecule has 144 valence electrons. The predicted octanol–water partition coefficient (Wildman–Crippen LogP) is 5.35. The molecule has 1 heterocycles. The molecular weight excluding hydrogens is 350 g/mol. The summed E-state index contributed by atoms with van der Waals surface area (Å²) in [4.78, 5) is 20.3. The first-order valence-electron chi connectivity index (χ1n) is 9.27. The highest BCUT2D eigenvalue weighted by Crippen LogP contribution is 2.27. The Morgan fingerprint density at radius 2 is 1.68 bits per heavy atom.